The summed E-state index contributed by atoms with van der Waals surface area (Å²) in [6, 6.07) is 3.71. The largest absolute Gasteiger partial charge is 0.368 e. The fourth-order valence-corrected chi connectivity index (χ4v) is 2.46. The van der Waals surface area contributed by atoms with Crippen molar-refractivity contribution in [2.75, 3.05) is 12.9 Å². The predicted molar refractivity (Wildman–Crippen MR) is 67.2 cm³/mol. The van der Waals surface area contributed by atoms with Crippen molar-refractivity contribution in [1.82, 2.24) is 5.48 Å². The molecule has 19 heavy (non-hydrogen) atoms. The lowest BCUT2D eigenvalue weighted by Crippen LogP contribution is -2.29. The number of rotatable bonds is 5. The van der Waals surface area contributed by atoms with Crippen LogP contribution >= 0.6 is 11.6 Å². The van der Waals surface area contributed by atoms with Gasteiger partial charge >= 0.3 is 0 Å². The quantitative estimate of drug-likeness (QED) is 0.736. The maximum absolute atomic E-state index is 11.6. The van der Waals surface area contributed by atoms with Gasteiger partial charge in [-0.1, -0.05) is 11.6 Å². The first-order chi connectivity index (χ1) is 8.71. The first kappa shape index (κ1) is 15.4. The number of benzene rings is 1. The fourth-order valence-electron chi connectivity index (χ4n) is 1.16. The highest BCUT2D eigenvalue weighted by molar-refractivity contribution is 7.90. The molecule has 104 valence electrons. The first-order valence-corrected chi connectivity index (χ1v) is 7.19. The second-order valence-electron chi connectivity index (χ2n) is 3.60. The molecule has 0 aliphatic rings. The van der Waals surface area contributed by atoms with Crippen molar-refractivity contribution in [2.45, 2.75) is 4.90 Å². The number of carbonyl (C=O) groups excluding carboxylic acids is 2. The molecule has 0 atom stereocenters. The van der Waals surface area contributed by atoms with Crippen molar-refractivity contribution in [2.24, 2.45) is 5.73 Å². The van der Waals surface area contributed by atoms with Crippen LogP contribution in [-0.4, -0.2) is 33.1 Å². The molecule has 0 fully saturated rings. The SMILES string of the molecule is CS(=O)(=O)c1cc(C(=O)NOCC(N)=O)ccc1Cl. The van der Waals surface area contributed by atoms with E-state index in [9.17, 15) is 18.0 Å². The van der Waals surface area contributed by atoms with Gasteiger partial charge in [-0.05, 0) is 18.2 Å². The zero-order chi connectivity index (χ0) is 14.6. The van der Waals surface area contributed by atoms with Crippen LogP contribution in [0.3, 0.4) is 0 Å². The lowest BCUT2D eigenvalue weighted by atomic mass is 10.2. The number of hydrogen-bond acceptors (Lipinski definition) is 5. The Hall–Kier alpha value is -1.64. The van der Waals surface area contributed by atoms with E-state index in [0.29, 0.717) is 0 Å². The average molecular weight is 307 g/mol. The maximum atomic E-state index is 11.6. The molecule has 1 aromatic rings. The summed E-state index contributed by atoms with van der Waals surface area (Å²) >= 11 is 5.73. The molecule has 0 radical (unpaired) electrons. The molecule has 0 spiro atoms. The van der Waals surface area contributed by atoms with Gasteiger partial charge in [0.2, 0.25) is 5.91 Å². The lowest BCUT2D eigenvalue weighted by molar-refractivity contribution is -0.124. The van der Waals surface area contributed by atoms with E-state index in [2.05, 4.69) is 4.84 Å². The van der Waals surface area contributed by atoms with E-state index in [1.807, 2.05) is 5.48 Å². The molecule has 0 aromatic heterocycles. The number of nitrogens with one attached hydrogen (secondary N) is 1. The third kappa shape index (κ3) is 4.51. The normalized spacial score (nSPS) is 11.1. The summed E-state index contributed by atoms with van der Waals surface area (Å²) in [4.78, 5) is 26.3. The van der Waals surface area contributed by atoms with Crippen molar-refractivity contribution in [3.8, 4) is 0 Å². The lowest BCUT2D eigenvalue weighted by Gasteiger charge is -2.07. The number of halogens is 1. The van der Waals surface area contributed by atoms with Crippen molar-refractivity contribution in [3.63, 3.8) is 0 Å². The minimum absolute atomic E-state index is 0.0112. The molecule has 0 aliphatic carbocycles. The van der Waals surface area contributed by atoms with Gasteiger partial charge in [0, 0.05) is 11.8 Å². The Labute approximate surface area is 114 Å². The van der Waals surface area contributed by atoms with Crippen LogP contribution < -0.4 is 11.2 Å². The monoisotopic (exact) mass is 306 g/mol. The van der Waals surface area contributed by atoms with Gasteiger partial charge in [0.25, 0.3) is 5.91 Å². The molecule has 9 heteroatoms. The highest BCUT2D eigenvalue weighted by Crippen LogP contribution is 2.22. The Balaban J connectivity index is 2.91. The Morgan fingerprint density at radius 2 is 2.05 bits per heavy atom. The van der Waals surface area contributed by atoms with Gasteiger partial charge in [0.15, 0.2) is 16.4 Å². The van der Waals surface area contributed by atoms with Crippen LogP contribution in [0.5, 0.6) is 0 Å². The van der Waals surface area contributed by atoms with E-state index in [4.69, 9.17) is 17.3 Å². The highest BCUT2D eigenvalue weighted by atomic mass is 35.5. The van der Waals surface area contributed by atoms with Gasteiger partial charge in [-0.3, -0.25) is 14.4 Å². The van der Waals surface area contributed by atoms with Crippen LogP contribution in [0.25, 0.3) is 0 Å². The molecule has 0 saturated carbocycles. The maximum Gasteiger partial charge on any atom is 0.274 e. The van der Waals surface area contributed by atoms with Crippen molar-refractivity contribution in [1.29, 1.82) is 0 Å². The number of sulfone groups is 1. The molecular weight excluding hydrogens is 296 g/mol. The molecule has 0 heterocycles. The Morgan fingerprint density at radius 1 is 1.42 bits per heavy atom. The molecule has 0 saturated heterocycles. The highest BCUT2D eigenvalue weighted by Gasteiger charge is 2.16. The van der Waals surface area contributed by atoms with Gasteiger partial charge in [-0.15, -0.1) is 0 Å². The number of primary amides is 1. The molecule has 3 N–H and O–H groups in total. The summed E-state index contributed by atoms with van der Waals surface area (Å²) in [5.41, 5.74) is 6.78. The zero-order valence-electron chi connectivity index (χ0n) is 9.84. The third-order valence-electron chi connectivity index (χ3n) is 1.97. The summed E-state index contributed by atoms with van der Waals surface area (Å²) < 4.78 is 22.8. The second kappa shape index (κ2) is 6.00. The molecule has 1 aromatic carbocycles. The average Bonchev–Trinajstić information content (AvgIpc) is 2.27. The van der Waals surface area contributed by atoms with E-state index >= 15 is 0 Å². The van der Waals surface area contributed by atoms with Gasteiger partial charge in [0.1, 0.15) is 0 Å². The number of hydrogen-bond donors (Lipinski definition) is 2. The van der Waals surface area contributed by atoms with Crippen molar-refractivity contribution in [3.05, 3.63) is 28.8 Å². The zero-order valence-corrected chi connectivity index (χ0v) is 11.4. The summed E-state index contributed by atoms with van der Waals surface area (Å²) in [5.74, 6) is -1.48. The minimum Gasteiger partial charge on any atom is -0.368 e. The van der Waals surface area contributed by atoms with E-state index in [1.165, 1.54) is 12.1 Å². The predicted octanol–water partition coefficient (Wildman–Crippen LogP) is -0.110. The van der Waals surface area contributed by atoms with E-state index in [0.717, 1.165) is 12.3 Å². The molecule has 0 unspecified atom stereocenters. The summed E-state index contributed by atoms with van der Waals surface area (Å²) in [5, 5.41) is 0.0112. The van der Waals surface area contributed by atoms with Crippen LogP contribution in [0.4, 0.5) is 0 Å². The Morgan fingerprint density at radius 3 is 2.58 bits per heavy atom. The first-order valence-electron chi connectivity index (χ1n) is 4.92. The molecule has 2 amide bonds. The van der Waals surface area contributed by atoms with Crippen LogP contribution in [0.1, 0.15) is 10.4 Å². The number of hydroxylamine groups is 1. The van der Waals surface area contributed by atoms with Crippen LogP contribution in [0, 0.1) is 0 Å². The number of amides is 2. The molecule has 7 nitrogen and oxygen atoms in total. The molecule has 0 bridgehead atoms. The minimum atomic E-state index is -3.55. The smallest absolute Gasteiger partial charge is 0.274 e. The topological polar surface area (TPSA) is 116 Å². The van der Waals surface area contributed by atoms with Gasteiger partial charge in [0.05, 0.1) is 9.92 Å². The summed E-state index contributed by atoms with van der Waals surface area (Å²) in [6.07, 6.45) is 0.972. The molecule has 1 rings (SSSR count). The van der Waals surface area contributed by atoms with Gasteiger partial charge < -0.3 is 5.73 Å². The van der Waals surface area contributed by atoms with E-state index in [1.54, 1.807) is 0 Å². The van der Waals surface area contributed by atoms with E-state index < -0.39 is 28.3 Å². The van der Waals surface area contributed by atoms with Crippen molar-refractivity contribution < 1.29 is 22.8 Å². The molecular formula is C10H11ClN2O5S. The summed E-state index contributed by atoms with van der Waals surface area (Å²) in [7, 11) is -3.55. The fraction of sp³-hybridized carbons (Fsp3) is 0.200. The van der Waals surface area contributed by atoms with Crippen LogP contribution in [0.15, 0.2) is 23.1 Å². The van der Waals surface area contributed by atoms with Crippen LogP contribution in [0.2, 0.25) is 5.02 Å². The standard InChI is InChI=1S/C10H11ClN2O5S/c1-19(16,17)8-4-6(2-3-7(8)11)10(15)13-18-5-9(12)14/h2-4H,5H2,1H3,(H2,12,14)(H,13,15). The van der Waals surface area contributed by atoms with Gasteiger partial charge in [-0.25, -0.2) is 13.9 Å². The third-order valence-corrected chi connectivity index (χ3v) is 3.55. The second-order valence-corrected chi connectivity index (χ2v) is 5.99. The van der Waals surface area contributed by atoms with E-state index in [-0.39, 0.29) is 15.5 Å². The number of carbonyl (C=O) groups is 2. The van der Waals surface area contributed by atoms with Crippen LogP contribution in [-0.2, 0) is 19.5 Å². The Bertz CT molecular complexity index is 614. The summed E-state index contributed by atoms with van der Waals surface area (Å²) in [6.45, 7) is -0.488. The number of nitrogens with two attached hydrogens (primary N) is 1. The Kier molecular flexibility index (Phi) is 4.87. The van der Waals surface area contributed by atoms with Crippen molar-refractivity contribution >= 4 is 33.3 Å². The molecule has 0 aliphatic heterocycles. The van der Waals surface area contributed by atoms with Gasteiger partial charge in [-0.2, -0.15) is 0 Å².